The van der Waals surface area contributed by atoms with Crippen LogP contribution in [0.15, 0.2) is 60.9 Å². The topological polar surface area (TPSA) is 89.4 Å². The molecule has 0 aliphatic carbocycles. The third-order valence-electron chi connectivity index (χ3n) is 5.95. The van der Waals surface area contributed by atoms with Gasteiger partial charge in [0.15, 0.2) is 0 Å². The quantitative estimate of drug-likeness (QED) is 0.458. The summed E-state index contributed by atoms with van der Waals surface area (Å²) < 4.78 is 32.9. The van der Waals surface area contributed by atoms with Crippen LogP contribution in [0.4, 0.5) is 11.4 Å². The smallest absolute Gasteiger partial charge is 0.229 e. The van der Waals surface area contributed by atoms with Crippen LogP contribution in [-0.4, -0.2) is 55.5 Å². The van der Waals surface area contributed by atoms with Gasteiger partial charge in [0, 0.05) is 49.7 Å². The Kier molecular flexibility index (Phi) is 5.97. The lowest BCUT2D eigenvalue weighted by atomic mass is 10.1. The predicted octanol–water partition coefficient (Wildman–Crippen LogP) is 3.43. The third kappa shape index (κ3) is 4.90. The molecule has 0 bridgehead atoms. The predicted molar refractivity (Wildman–Crippen MR) is 135 cm³/mol. The van der Waals surface area contributed by atoms with Crippen molar-refractivity contribution in [2.24, 2.45) is 7.05 Å². The summed E-state index contributed by atoms with van der Waals surface area (Å²) in [7, 11) is -1.34. The number of anilines is 2. The van der Waals surface area contributed by atoms with Gasteiger partial charge in [0.1, 0.15) is 5.82 Å². The Labute approximate surface area is 199 Å². The second-order valence-corrected chi connectivity index (χ2v) is 10.3. The lowest BCUT2D eigenvalue weighted by Crippen LogP contribution is -2.36. The maximum absolute atomic E-state index is 11.5. The molecule has 1 saturated heterocycles. The van der Waals surface area contributed by atoms with E-state index < -0.39 is 10.0 Å². The van der Waals surface area contributed by atoms with Gasteiger partial charge in [-0.3, -0.25) is 4.72 Å². The monoisotopic (exact) mass is 477 g/mol. The summed E-state index contributed by atoms with van der Waals surface area (Å²) in [5, 5.41) is 0. The minimum atomic E-state index is -3.31. The Morgan fingerprint density at radius 2 is 1.74 bits per heavy atom. The fraction of sp³-hybridized carbons (Fsp3) is 0.280. The number of nitrogens with one attached hydrogen (secondary N) is 1. The van der Waals surface area contributed by atoms with E-state index in [1.807, 2.05) is 36.1 Å². The first-order chi connectivity index (χ1) is 16.4. The molecule has 0 atom stereocenters. The summed E-state index contributed by atoms with van der Waals surface area (Å²) >= 11 is 0. The molecular weight excluding hydrogens is 450 g/mol. The molecular formula is C25H27N5O3S. The van der Waals surface area contributed by atoms with Crippen molar-refractivity contribution in [3.63, 3.8) is 0 Å². The highest BCUT2D eigenvalue weighted by Gasteiger charge is 2.14. The Morgan fingerprint density at radius 1 is 1.03 bits per heavy atom. The van der Waals surface area contributed by atoms with Gasteiger partial charge in [-0.15, -0.1) is 0 Å². The van der Waals surface area contributed by atoms with E-state index in [0.29, 0.717) is 12.1 Å². The molecule has 1 N–H and O–H groups in total. The van der Waals surface area contributed by atoms with Crippen LogP contribution in [0.2, 0.25) is 0 Å². The van der Waals surface area contributed by atoms with Crippen LogP contribution in [0.5, 0.6) is 0 Å². The normalized spacial score (nSPS) is 14.5. The number of hydrogen-bond acceptors (Lipinski definition) is 6. The van der Waals surface area contributed by atoms with Crippen LogP contribution in [0.1, 0.15) is 11.4 Å². The molecule has 3 heterocycles. The van der Waals surface area contributed by atoms with Crippen molar-refractivity contribution in [1.82, 2.24) is 14.5 Å². The highest BCUT2D eigenvalue weighted by atomic mass is 32.2. The van der Waals surface area contributed by atoms with E-state index in [1.54, 1.807) is 12.1 Å². The van der Waals surface area contributed by atoms with Crippen LogP contribution in [0.25, 0.3) is 22.2 Å². The molecule has 1 aliphatic rings. The Hall–Kier alpha value is -3.43. The minimum Gasteiger partial charge on any atom is -0.378 e. The fourth-order valence-corrected chi connectivity index (χ4v) is 4.81. The van der Waals surface area contributed by atoms with Crippen molar-refractivity contribution in [2.75, 3.05) is 42.2 Å². The molecule has 34 heavy (non-hydrogen) atoms. The van der Waals surface area contributed by atoms with Crippen LogP contribution in [0.3, 0.4) is 0 Å². The lowest BCUT2D eigenvalue weighted by Gasteiger charge is -2.28. The van der Waals surface area contributed by atoms with E-state index in [4.69, 9.17) is 9.72 Å². The molecule has 2 aromatic heterocycles. The molecule has 0 amide bonds. The summed E-state index contributed by atoms with van der Waals surface area (Å²) in [6, 6.07) is 15.9. The number of hydrogen-bond donors (Lipinski definition) is 1. The molecule has 1 aliphatic heterocycles. The molecule has 0 radical (unpaired) electrons. The van der Waals surface area contributed by atoms with E-state index in [1.165, 1.54) is 5.69 Å². The van der Waals surface area contributed by atoms with Crippen molar-refractivity contribution in [1.29, 1.82) is 0 Å². The number of nitrogens with zero attached hydrogens (tertiary/aromatic N) is 4. The second kappa shape index (κ2) is 9.08. The van der Waals surface area contributed by atoms with Gasteiger partial charge in [0.05, 0.1) is 36.7 Å². The van der Waals surface area contributed by atoms with Crippen molar-refractivity contribution in [2.45, 2.75) is 6.42 Å². The van der Waals surface area contributed by atoms with Crippen molar-refractivity contribution < 1.29 is 13.2 Å². The van der Waals surface area contributed by atoms with Crippen LogP contribution >= 0.6 is 0 Å². The molecule has 176 valence electrons. The van der Waals surface area contributed by atoms with Gasteiger partial charge in [0.25, 0.3) is 0 Å². The van der Waals surface area contributed by atoms with Gasteiger partial charge in [0.2, 0.25) is 10.0 Å². The molecule has 1 fully saturated rings. The average Bonchev–Trinajstić information content (AvgIpc) is 3.15. The van der Waals surface area contributed by atoms with Gasteiger partial charge < -0.3 is 14.2 Å². The maximum atomic E-state index is 11.5. The molecule has 0 spiro atoms. The number of rotatable bonds is 6. The van der Waals surface area contributed by atoms with Gasteiger partial charge in [-0.2, -0.15) is 0 Å². The SMILES string of the molecule is Cn1cc(-c2ccc(NS(C)(=O)=O)cc2)c2nc(Cc3ccc(N4CCOCC4)cc3)ncc21. The zero-order chi connectivity index (χ0) is 23.7. The summed E-state index contributed by atoms with van der Waals surface area (Å²) in [5.74, 6) is 0.759. The summed E-state index contributed by atoms with van der Waals surface area (Å²) in [4.78, 5) is 11.8. The second-order valence-electron chi connectivity index (χ2n) is 8.57. The zero-order valence-electron chi connectivity index (χ0n) is 19.2. The van der Waals surface area contributed by atoms with Gasteiger partial charge >= 0.3 is 0 Å². The number of benzene rings is 2. The number of aromatic nitrogens is 3. The summed E-state index contributed by atoms with van der Waals surface area (Å²) in [6.07, 6.45) is 5.67. The van der Waals surface area contributed by atoms with Gasteiger partial charge in [-0.05, 0) is 35.4 Å². The zero-order valence-corrected chi connectivity index (χ0v) is 20.0. The first kappa shape index (κ1) is 22.4. The number of morpholine rings is 1. The van der Waals surface area contributed by atoms with Crippen molar-refractivity contribution >= 4 is 32.4 Å². The largest absolute Gasteiger partial charge is 0.378 e. The summed E-state index contributed by atoms with van der Waals surface area (Å²) in [6.45, 7) is 3.38. The van der Waals surface area contributed by atoms with Gasteiger partial charge in [-0.1, -0.05) is 24.3 Å². The minimum absolute atomic E-state index is 0.530. The van der Waals surface area contributed by atoms with E-state index in [-0.39, 0.29) is 0 Å². The first-order valence-corrected chi connectivity index (χ1v) is 13.1. The van der Waals surface area contributed by atoms with Gasteiger partial charge in [-0.25, -0.2) is 18.4 Å². The van der Waals surface area contributed by atoms with Crippen LogP contribution in [-0.2, 0) is 28.2 Å². The molecule has 5 rings (SSSR count). The number of sulfonamides is 1. The standard InChI is InChI=1S/C25H27N5O3S/c1-29-17-22(19-5-7-20(8-6-19)28-34(2,31)32)25-23(29)16-26-24(27-25)15-18-3-9-21(10-4-18)30-11-13-33-14-12-30/h3-10,16-17,28H,11-15H2,1-2H3. The van der Waals surface area contributed by atoms with Crippen molar-refractivity contribution in [3.05, 3.63) is 72.3 Å². The Balaban J connectivity index is 1.39. The summed E-state index contributed by atoms with van der Waals surface area (Å²) in [5.41, 5.74) is 6.66. The van der Waals surface area contributed by atoms with Crippen LogP contribution < -0.4 is 9.62 Å². The lowest BCUT2D eigenvalue weighted by molar-refractivity contribution is 0.122. The average molecular weight is 478 g/mol. The molecule has 2 aromatic carbocycles. The third-order valence-corrected chi connectivity index (χ3v) is 6.56. The first-order valence-electron chi connectivity index (χ1n) is 11.2. The molecule has 9 heteroatoms. The number of fused-ring (bicyclic) bond motifs is 1. The van der Waals surface area contributed by atoms with E-state index in [9.17, 15) is 8.42 Å². The number of ether oxygens (including phenoxy) is 1. The van der Waals surface area contributed by atoms with E-state index in [2.05, 4.69) is 38.9 Å². The molecule has 8 nitrogen and oxygen atoms in total. The molecule has 0 unspecified atom stereocenters. The highest BCUT2D eigenvalue weighted by Crippen LogP contribution is 2.30. The number of aryl methyl sites for hydroxylation is 1. The maximum Gasteiger partial charge on any atom is 0.229 e. The Bertz CT molecular complexity index is 1410. The fourth-order valence-electron chi connectivity index (χ4n) is 4.25. The molecule has 0 saturated carbocycles. The van der Waals surface area contributed by atoms with Crippen LogP contribution in [0, 0.1) is 0 Å². The van der Waals surface area contributed by atoms with Crippen molar-refractivity contribution in [3.8, 4) is 11.1 Å². The highest BCUT2D eigenvalue weighted by molar-refractivity contribution is 7.92. The Morgan fingerprint density at radius 3 is 2.41 bits per heavy atom. The van der Waals surface area contributed by atoms with E-state index >= 15 is 0 Å². The van der Waals surface area contributed by atoms with E-state index in [0.717, 1.165) is 66.1 Å². The molecule has 4 aromatic rings.